The predicted molar refractivity (Wildman–Crippen MR) is 86.0 cm³/mol. The van der Waals surface area contributed by atoms with E-state index in [1.165, 1.54) is 12.1 Å². The Morgan fingerprint density at radius 1 is 1.29 bits per heavy atom. The summed E-state index contributed by atoms with van der Waals surface area (Å²) in [5, 5.41) is 0. The molecule has 0 saturated heterocycles. The van der Waals surface area contributed by atoms with Gasteiger partial charge in [-0.05, 0) is 16.6 Å². The second-order valence-electron chi connectivity index (χ2n) is 4.65. The number of pyridine rings is 1. The van der Waals surface area contributed by atoms with Crippen LogP contribution in [0.3, 0.4) is 0 Å². The van der Waals surface area contributed by atoms with Crippen molar-refractivity contribution in [2.24, 2.45) is 0 Å². The molecule has 0 amide bonds. The monoisotopic (exact) mass is 475 g/mol. The molecule has 0 atom stereocenters. The van der Waals surface area contributed by atoms with Crippen LogP contribution in [0.25, 0.3) is 11.3 Å². The van der Waals surface area contributed by atoms with Crippen LogP contribution in [-0.2, 0) is 44.0 Å². The molecule has 0 fully saturated rings. The zero-order valence-electron chi connectivity index (χ0n) is 13.0. The fourth-order valence-electron chi connectivity index (χ4n) is 2.03. The van der Waals surface area contributed by atoms with Crippen LogP contribution in [0.1, 0.15) is 0 Å². The summed E-state index contributed by atoms with van der Waals surface area (Å²) in [4.78, 5) is 11.9. The summed E-state index contributed by atoms with van der Waals surface area (Å²) >= 11 is 3.38. The number of nitrogens with zero attached hydrogens (tertiary/aromatic N) is 1. The first-order valence-electron chi connectivity index (χ1n) is 6.84. The Hall–Kier alpha value is -0.626. The van der Waals surface area contributed by atoms with Gasteiger partial charge in [-0.2, -0.15) is 12.1 Å². The van der Waals surface area contributed by atoms with E-state index in [9.17, 15) is 13.6 Å². The summed E-state index contributed by atoms with van der Waals surface area (Å²) in [6, 6.07) is 10.6. The van der Waals surface area contributed by atoms with Crippen LogP contribution in [0, 0.1) is 6.07 Å². The third-order valence-electron chi connectivity index (χ3n) is 3.05. The van der Waals surface area contributed by atoms with E-state index in [4.69, 9.17) is 9.47 Å². The van der Waals surface area contributed by atoms with E-state index < -0.39 is 18.5 Å². The van der Waals surface area contributed by atoms with Crippen LogP contribution in [-0.4, -0.2) is 31.3 Å². The SMILES string of the molecule is COCCOc1ccc(-c2[c-]ccc(=O)n2CC(F)F)c(Br)c1.[Y]. The Morgan fingerprint density at radius 3 is 2.67 bits per heavy atom. The molecule has 0 N–H and O–H groups in total. The van der Waals surface area contributed by atoms with Crippen molar-refractivity contribution in [3.63, 3.8) is 0 Å². The number of benzene rings is 1. The van der Waals surface area contributed by atoms with Crippen molar-refractivity contribution >= 4 is 15.9 Å². The molecule has 0 aliphatic carbocycles. The van der Waals surface area contributed by atoms with Crippen LogP contribution in [0.5, 0.6) is 5.75 Å². The summed E-state index contributed by atoms with van der Waals surface area (Å²) in [5.41, 5.74) is 0.391. The third kappa shape index (κ3) is 5.72. The number of alkyl halides is 2. The van der Waals surface area contributed by atoms with Crippen LogP contribution in [0.2, 0.25) is 0 Å². The minimum absolute atomic E-state index is 0. The van der Waals surface area contributed by atoms with E-state index in [-0.39, 0.29) is 32.7 Å². The van der Waals surface area contributed by atoms with Crippen LogP contribution < -0.4 is 10.3 Å². The molecule has 24 heavy (non-hydrogen) atoms. The zero-order valence-corrected chi connectivity index (χ0v) is 17.4. The molecule has 0 aliphatic rings. The van der Waals surface area contributed by atoms with Gasteiger partial charge in [-0.1, -0.05) is 33.3 Å². The standard InChI is InChI=1S/C16H15BrF2NO3.Y/c1-22-7-8-23-11-5-6-12(13(17)9-11)14-3-2-4-16(21)20(14)10-15(18)19;/h2,4-6,9,15H,7-8,10H2,1H3;/q-1;. The maximum Gasteiger partial charge on any atom is 0.256 e. The fraction of sp³-hybridized carbons (Fsp3) is 0.312. The smallest absolute Gasteiger partial charge is 0.256 e. The second kappa shape index (κ2) is 10.4. The molecule has 4 nitrogen and oxygen atoms in total. The van der Waals surface area contributed by atoms with Crippen molar-refractivity contribution < 1.29 is 51.0 Å². The van der Waals surface area contributed by atoms with Crippen molar-refractivity contribution in [3.8, 4) is 17.0 Å². The fourth-order valence-corrected chi connectivity index (χ4v) is 2.58. The molecule has 1 aromatic heterocycles. The summed E-state index contributed by atoms with van der Waals surface area (Å²) < 4.78 is 37.5. The van der Waals surface area contributed by atoms with Crippen LogP contribution in [0.4, 0.5) is 8.78 Å². The van der Waals surface area contributed by atoms with E-state index in [0.717, 1.165) is 4.57 Å². The van der Waals surface area contributed by atoms with Gasteiger partial charge in [0.1, 0.15) is 12.4 Å². The van der Waals surface area contributed by atoms with Gasteiger partial charge in [0, 0.05) is 39.8 Å². The molecule has 0 aliphatic heterocycles. The molecule has 1 aromatic carbocycles. The van der Waals surface area contributed by atoms with Gasteiger partial charge in [0.15, 0.2) is 5.56 Å². The Morgan fingerprint density at radius 2 is 2.04 bits per heavy atom. The van der Waals surface area contributed by atoms with Crippen molar-refractivity contribution in [1.29, 1.82) is 0 Å². The third-order valence-corrected chi connectivity index (χ3v) is 3.71. The molecule has 1 radical (unpaired) electrons. The Labute approximate surface area is 172 Å². The molecule has 0 bridgehead atoms. The molecular weight excluding hydrogens is 461 g/mol. The first kappa shape index (κ1) is 21.4. The number of halogens is 3. The average Bonchev–Trinajstić information content (AvgIpc) is 2.50. The largest absolute Gasteiger partial charge is 0.491 e. The summed E-state index contributed by atoms with van der Waals surface area (Å²) in [7, 11) is 1.58. The topological polar surface area (TPSA) is 40.5 Å². The van der Waals surface area contributed by atoms with E-state index in [1.54, 1.807) is 25.3 Å². The van der Waals surface area contributed by atoms with Crippen LogP contribution >= 0.6 is 15.9 Å². The van der Waals surface area contributed by atoms with Crippen LogP contribution in [0.15, 0.2) is 39.6 Å². The minimum atomic E-state index is -2.63. The summed E-state index contributed by atoms with van der Waals surface area (Å²) in [6.45, 7) is 0.180. The molecule has 8 heteroatoms. The zero-order chi connectivity index (χ0) is 16.8. The first-order chi connectivity index (χ1) is 11.0. The first-order valence-corrected chi connectivity index (χ1v) is 7.63. The molecule has 0 saturated carbocycles. The van der Waals surface area contributed by atoms with Gasteiger partial charge in [0.25, 0.3) is 6.43 Å². The van der Waals surface area contributed by atoms with Gasteiger partial charge in [-0.3, -0.25) is 4.79 Å². The second-order valence-corrected chi connectivity index (χ2v) is 5.50. The Bertz CT molecular complexity index is 725. The molecule has 127 valence electrons. The van der Waals surface area contributed by atoms with Gasteiger partial charge in [-0.15, -0.1) is 6.07 Å². The number of ether oxygens (including phenoxy) is 2. The Balaban J connectivity index is 0.00000288. The van der Waals surface area contributed by atoms with Gasteiger partial charge < -0.3 is 14.0 Å². The average molecular weight is 476 g/mol. The maximum absolute atomic E-state index is 12.7. The van der Waals surface area contributed by atoms with Crippen molar-refractivity contribution in [1.82, 2.24) is 4.57 Å². The van der Waals surface area contributed by atoms with Gasteiger partial charge in [0.05, 0.1) is 13.2 Å². The number of aromatic nitrogens is 1. The maximum atomic E-state index is 12.7. The van der Waals surface area contributed by atoms with E-state index in [0.29, 0.717) is 34.7 Å². The van der Waals surface area contributed by atoms with E-state index >= 15 is 0 Å². The normalized spacial score (nSPS) is 10.5. The molecule has 0 spiro atoms. The van der Waals surface area contributed by atoms with Gasteiger partial charge in [0.2, 0.25) is 0 Å². The van der Waals surface area contributed by atoms with Gasteiger partial charge >= 0.3 is 0 Å². The molecule has 0 unspecified atom stereocenters. The Kier molecular flexibility index (Phi) is 9.27. The quantitative estimate of drug-likeness (QED) is 0.455. The van der Waals surface area contributed by atoms with E-state index in [2.05, 4.69) is 22.0 Å². The number of hydrogen-bond acceptors (Lipinski definition) is 3. The predicted octanol–water partition coefficient (Wildman–Crippen LogP) is 3.37. The summed E-state index contributed by atoms with van der Waals surface area (Å²) in [5.74, 6) is 0.608. The number of hydrogen-bond donors (Lipinski definition) is 0. The summed E-state index contributed by atoms with van der Waals surface area (Å²) in [6.07, 6.45) is -2.63. The molecule has 2 rings (SSSR count). The molecule has 1 heterocycles. The van der Waals surface area contributed by atoms with Crippen molar-refractivity contribution in [2.45, 2.75) is 13.0 Å². The number of methoxy groups -OCH3 is 1. The minimum Gasteiger partial charge on any atom is -0.491 e. The van der Waals surface area contributed by atoms with E-state index in [1.807, 2.05) is 0 Å². The van der Waals surface area contributed by atoms with Gasteiger partial charge in [-0.25, -0.2) is 8.78 Å². The van der Waals surface area contributed by atoms with Crippen molar-refractivity contribution in [3.05, 3.63) is 51.2 Å². The molecule has 2 aromatic rings. The molecular formula is C16H15BrF2NO3Y-. The number of rotatable bonds is 7. The van der Waals surface area contributed by atoms with Crippen molar-refractivity contribution in [2.75, 3.05) is 20.3 Å².